The van der Waals surface area contributed by atoms with Gasteiger partial charge in [0.1, 0.15) is 11.8 Å². The Morgan fingerprint density at radius 3 is 2.44 bits per heavy atom. The van der Waals surface area contributed by atoms with E-state index in [4.69, 9.17) is 0 Å². The number of Topliss-reactive ketones (excluding diaryl/α,β-unsaturated/α-hetero) is 1. The average Bonchev–Trinajstić information content (AvgIpc) is 3.36. The number of aromatic nitrogens is 1. The van der Waals surface area contributed by atoms with Crippen LogP contribution >= 0.6 is 22.7 Å². The smallest absolute Gasteiger partial charge is 0.301 e. The van der Waals surface area contributed by atoms with Crippen molar-refractivity contribution in [3.63, 3.8) is 0 Å². The van der Waals surface area contributed by atoms with Crippen LogP contribution in [0.4, 0.5) is 5.13 Å². The Kier molecular flexibility index (Phi) is 4.41. The number of thiazole rings is 1. The van der Waals surface area contributed by atoms with Gasteiger partial charge in [0.25, 0.3) is 5.78 Å². The summed E-state index contributed by atoms with van der Waals surface area (Å²) in [5, 5.41) is 13.2. The molecule has 27 heavy (non-hydrogen) atoms. The molecule has 1 fully saturated rings. The molecule has 1 saturated heterocycles. The number of hydrogen-bond acceptors (Lipinski definition) is 6. The fraction of sp³-hybridized carbons (Fsp3) is 0.150. The third kappa shape index (κ3) is 2.89. The SMILES string of the molecule is Cc1nc(N2C(=O)C(=O)/C(=C(/O)c3ccccc3)[C@@H]2c2cccs2)sc1C. The van der Waals surface area contributed by atoms with Crippen LogP contribution < -0.4 is 4.90 Å². The molecule has 0 radical (unpaired) electrons. The molecule has 1 N–H and O–H groups in total. The molecule has 1 amide bonds. The van der Waals surface area contributed by atoms with Gasteiger partial charge in [-0.3, -0.25) is 14.5 Å². The number of nitrogens with zero attached hydrogens (tertiary/aromatic N) is 2. The molecule has 7 heteroatoms. The van der Waals surface area contributed by atoms with Crippen molar-refractivity contribution >= 4 is 45.3 Å². The lowest BCUT2D eigenvalue weighted by molar-refractivity contribution is -0.132. The van der Waals surface area contributed by atoms with E-state index in [1.165, 1.54) is 27.6 Å². The van der Waals surface area contributed by atoms with Gasteiger partial charge in [0.15, 0.2) is 5.13 Å². The highest BCUT2D eigenvalue weighted by atomic mass is 32.1. The van der Waals surface area contributed by atoms with Gasteiger partial charge in [-0.1, -0.05) is 36.4 Å². The molecule has 1 aliphatic heterocycles. The van der Waals surface area contributed by atoms with Crippen LogP contribution in [0.5, 0.6) is 0 Å². The van der Waals surface area contributed by atoms with Crippen LogP contribution in [0.15, 0.2) is 53.4 Å². The highest BCUT2D eigenvalue weighted by molar-refractivity contribution is 7.16. The summed E-state index contributed by atoms with van der Waals surface area (Å²) in [4.78, 5) is 33.4. The van der Waals surface area contributed by atoms with E-state index in [2.05, 4.69) is 4.98 Å². The van der Waals surface area contributed by atoms with Crippen LogP contribution in [-0.2, 0) is 9.59 Å². The zero-order valence-corrected chi connectivity index (χ0v) is 16.3. The number of aliphatic hydroxyl groups excluding tert-OH is 1. The van der Waals surface area contributed by atoms with Gasteiger partial charge >= 0.3 is 5.91 Å². The standard InChI is InChI=1S/C20H16N2O3S2/c1-11-12(2)27-20(21-11)22-16(14-9-6-10-26-14)15(18(24)19(22)25)17(23)13-7-4-3-5-8-13/h3-10,16,23H,1-2H3/b17-15+/t16-/m0/s1. The topological polar surface area (TPSA) is 70.5 Å². The van der Waals surface area contributed by atoms with E-state index in [0.29, 0.717) is 10.7 Å². The summed E-state index contributed by atoms with van der Waals surface area (Å²) in [5.74, 6) is -1.53. The Morgan fingerprint density at radius 2 is 1.85 bits per heavy atom. The van der Waals surface area contributed by atoms with Gasteiger partial charge in [-0.25, -0.2) is 4.98 Å². The van der Waals surface area contributed by atoms with Crippen molar-refractivity contribution in [3.05, 3.63) is 74.4 Å². The predicted molar refractivity (Wildman–Crippen MR) is 107 cm³/mol. The van der Waals surface area contributed by atoms with Gasteiger partial charge in [0.2, 0.25) is 0 Å². The lowest BCUT2D eigenvalue weighted by atomic mass is 10.00. The van der Waals surface area contributed by atoms with E-state index in [1.807, 2.05) is 37.4 Å². The monoisotopic (exact) mass is 396 g/mol. The van der Waals surface area contributed by atoms with E-state index in [0.717, 1.165) is 15.4 Å². The van der Waals surface area contributed by atoms with Crippen LogP contribution in [0.25, 0.3) is 5.76 Å². The van der Waals surface area contributed by atoms with Crippen LogP contribution in [0.2, 0.25) is 0 Å². The van der Waals surface area contributed by atoms with E-state index in [1.54, 1.807) is 24.3 Å². The normalized spacial score (nSPS) is 19.0. The third-order valence-electron chi connectivity index (χ3n) is 4.53. The fourth-order valence-corrected chi connectivity index (χ4v) is 4.82. The summed E-state index contributed by atoms with van der Waals surface area (Å²) < 4.78 is 0. The summed E-state index contributed by atoms with van der Waals surface area (Å²) in [6, 6.07) is 11.8. The van der Waals surface area contributed by atoms with Crippen molar-refractivity contribution in [2.45, 2.75) is 19.9 Å². The van der Waals surface area contributed by atoms with E-state index in [9.17, 15) is 14.7 Å². The molecule has 0 unspecified atom stereocenters. The Balaban J connectivity index is 1.94. The van der Waals surface area contributed by atoms with E-state index in [-0.39, 0.29) is 11.3 Å². The highest BCUT2D eigenvalue weighted by Crippen LogP contribution is 2.44. The summed E-state index contributed by atoms with van der Waals surface area (Å²) in [6.07, 6.45) is 0. The number of thiophene rings is 1. The van der Waals surface area contributed by atoms with Gasteiger partial charge in [-0.15, -0.1) is 22.7 Å². The first-order valence-corrected chi connectivity index (χ1v) is 10.0. The van der Waals surface area contributed by atoms with Crippen LogP contribution in [0, 0.1) is 13.8 Å². The fourth-order valence-electron chi connectivity index (χ4n) is 3.06. The quantitative estimate of drug-likeness (QED) is 0.403. The molecule has 1 aliphatic rings. The number of carbonyl (C=O) groups is 2. The lowest BCUT2D eigenvalue weighted by Gasteiger charge is -2.21. The maximum Gasteiger partial charge on any atom is 0.301 e. The first-order chi connectivity index (χ1) is 13.0. The minimum Gasteiger partial charge on any atom is -0.507 e. The zero-order valence-electron chi connectivity index (χ0n) is 14.7. The minimum absolute atomic E-state index is 0.0964. The first-order valence-electron chi connectivity index (χ1n) is 8.33. The molecular weight excluding hydrogens is 380 g/mol. The number of rotatable bonds is 3. The number of ketones is 1. The molecule has 0 bridgehead atoms. The number of benzene rings is 1. The maximum atomic E-state index is 12.9. The van der Waals surface area contributed by atoms with Gasteiger partial charge in [-0.2, -0.15) is 0 Å². The highest BCUT2D eigenvalue weighted by Gasteiger charge is 2.48. The number of amides is 1. The van der Waals surface area contributed by atoms with Crippen LogP contribution in [0.1, 0.15) is 27.1 Å². The minimum atomic E-state index is -0.694. The molecule has 0 aliphatic carbocycles. The largest absolute Gasteiger partial charge is 0.507 e. The van der Waals surface area contributed by atoms with Gasteiger partial charge < -0.3 is 5.11 Å². The Hall–Kier alpha value is -2.77. The zero-order chi connectivity index (χ0) is 19.1. The number of carbonyl (C=O) groups excluding carboxylic acids is 2. The predicted octanol–water partition coefficient (Wildman–Crippen LogP) is 4.45. The number of hydrogen-bond donors (Lipinski definition) is 1. The van der Waals surface area contributed by atoms with Crippen LogP contribution in [-0.4, -0.2) is 21.8 Å². The summed E-state index contributed by atoms with van der Waals surface area (Å²) >= 11 is 2.81. The molecule has 3 aromatic rings. The molecule has 0 saturated carbocycles. The molecule has 1 aromatic carbocycles. The molecule has 136 valence electrons. The maximum absolute atomic E-state index is 12.9. The first kappa shape index (κ1) is 17.6. The number of anilines is 1. The molecule has 1 atom stereocenters. The summed E-state index contributed by atoms with van der Waals surface area (Å²) in [7, 11) is 0. The second kappa shape index (κ2) is 6.75. The summed E-state index contributed by atoms with van der Waals surface area (Å²) in [6.45, 7) is 3.80. The summed E-state index contributed by atoms with van der Waals surface area (Å²) in [5.41, 5.74) is 1.42. The van der Waals surface area contributed by atoms with Crippen molar-refractivity contribution < 1.29 is 14.7 Å². The van der Waals surface area contributed by atoms with Crippen molar-refractivity contribution in [2.75, 3.05) is 4.90 Å². The van der Waals surface area contributed by atoms with Gasteiger partial charge in [0.05, 0.1) is 11.3 Å². The molecular formula is C20H16N2O3S2. The Labute approximate surface area is 164 Å². The molecule has 0 spiro atoms. The van der Waals surface area contributed by atoms with Crippen molar-refractivity contribution in [3.8, 4) is 0 Å². The van der Waals surface area contributed by atoms with Gasteiger partial charge in [0, 0.05) is 15.3 Å². The third-order valence-corrected chi connectivity index (χ3v) is 6.52. The second-order valence-corrected chi connectivity index (χ2v) is 8.35. The Bertz CT molecular complexity index is 1030. The Morgan fingerprint density at radius 1 is 1.11 bits per heavy atom. The molecule has 5 nitrogen and oxygen atoms in total. The van der Waals surface area contributed by atoms with Crippen molar-refractivity contribution in [1.82, 2.24) is 4.98 Å². The average molecular weight is 396 g/mol. The number of aryl methyl sites for hydroxylation is 2. The molecule has 4 rings (SSSR count). The van der Waals surface area contributed by atoms with Crippen LogP contribution in [0.3, 0.4) is 0 Å². The second-order valence-electron chi connectivity index (χ2n) is 6.19. The molecule has 2 aromatic heterocycles. The number of aliphatic hydroxyl groups is 1. The van der Waals surface area contributed by atoms with Crippen molar-refractivity contribution in [1.29, 1.82) is 0 Å². The van der Waals surface area contributed by atoms with E-state index < -0.39 is 17.7 Å². The van der Waals surface area contributed by atoms with E-state index >= 15 is 0 Å². The lowest BCUT2D eigenvalue weighted by Crippen LogP contribution is -2.29. The molecule has 3 heterocycles. The van der Waals surface area contributed by atoms with Gasteiger partial charge in [-0.05, 0) is 25.3 Å². The van der Waals surface area contributed by atoms with Crippen molar-refractivity contribution in [2.24, 2.45) is 0 Å².